The van der Waals surface area contributed by atoms with Crippen LogP contribution in [-0.4, -0.2) is 46.9 Å². The standard InChI is InChI=1S/C9H19BN2O4/c11-6-9(8(13)14)7(3-5-12-9)2-1-4-10(15)16/h7,12,15-16H,1-6,11H2,(H,13,14). The number of nitrogens with two attached hydrogens (primary N) is 1. The van der Waals surface area contributed by atoms with Crippen molar-refractivity contribution in [2.24, 2.45) is 11.7 Å². The van der Waals surface area contributed by atoms with Crippen molar-refractivity contribution in [3.8, 4) is 0 Å². The van der Waals surface area contributed by atoms with Crippen LogP contribution in [0.4, 0.5) is 0 Å². The molecule has 0 aromatic carbocycles. The largest absolute Gasteiger partial charge is 0.480 e. The van der Waals surface area contributed by atoms with Crippen molar-refractivity contribution >= 4 is 13.1 Å². The number of rotatable bonds is 6. The number of hydrogen-bond donors (Lipinski definition) is 5. The summed E-state index contributed by atoms with van der Waals surface area (Å²) in [5, 5.41) is 29.6. The third-order valence-corrected chi connectivity index (χ3v) is 3.35. The van der Waals surface area contributed by atoms with Crippen molar-refractivity contribution in [3.05, 3.63) is 0 Å². The van der Waals surface area contributed by atoms with Crippen LogP contribution in [0.1, 0.15) is 19.3 Å². The van der Waals surface area contributed by atoms with Gasteiger partial charge < -0.3 is 26.2 Å². The Morgan fingerprint density at radius 2 is 2.25 bits per heavy atom. The van der Waals surface area contributed by atoms with E-state index in [2.05, 4.69) is 5.32 Å². The highest BCUT2D eigenvalue weighted by Gasteiger charge is 2.47. The third kappa shape index (κ3) is 2.73. The Morgan fingerprint density at radius 1 is 1.56 bits per heavy atom. The first-order valence-electron chi connectivity index (χ1n) is 5.57. The average molecular weight is 230 g/mol. The monoisotopic (exact) mass is 230 g/mol. The molecule has 1 heterocycles. The quantitative estimate of drug-likeness (QED) is 0.359. The summed E-state index contributed by atoms with van der Waals surface area (Å²) < 4.78 is 0. The van der Waals surface area contributed by atoms with Gasteiger partial charge in [0.2, 0.25) is 0 Å². The lowest BCUT2D eigenvalue weighted by molar-refractivity contribution is -0.145. The molecule has 0 radical (unpaired) electrons. The number of carbonyl (C=O) groups is 1. The van der Waals surface area contributed by atoms with Gasteiger partial charge in [0.05, 0.1) is 0 Å². The molecule has 92 valence electrons. The summed E-state index contributed by atoms with van der Waals surface area (Å²) in [7, 11) is -1.31. The van der Waals surface area contributed by atoms with Crippen LogP contribution in [0.25, 0.3) is 0 Å². The van der Waals surface area contributed by atoms with E-state index in [1.165, 1.54) is 0 Å². The van der Waals surface area contributed by atoms with Crippen LogP contribution in [0.15, 0.2) is 0 Å². The first-order valence-corrected chi connectivity index (χ1v) is 5.57. The number of carboxylic acid groups (broad SMARTS) is 1. The lowest BCUT2D eigenvalue weighted by Crippen LogP contribution is -2.57. The molecule has 1 aliphatic heterocycles. The predicted molar refractivity (Wildman–Crippen MR) is 59.8 cm³/mol. The third-order valence-electron chi connectivity index (χ3n) is 3.35. The van der Waals surface area contributed by atoms with Gasteiger partial charge in [0, 0.05) is 6.54 Å². The molecule has 6 nitrogen and oxygen atoms in total. The highest BCUT2D eigenvalue weighted by atomic mass is 16.4. The second-order valence-corrected chi connectivity index (χ2v) is 4.30. The van der Waals surface area contributed by atoms with Gasteiger partial charge in [-0.1, -0.05) is 6.42 Å². The minimum absolute atomic E-state index is 0.0336. The van der Waals surface area contributed by atoms with Crippen LogP contribution in [0.2, 0.25) is 6.32 Å². The number of nitrogens with one attached hydrogen (secondary N) is 1. The minimum Gasteiger partial charge on any atom is -0.480 e. The van der Waals surface area contributed by atoms with E-state index in [9.17, 15) is 9.90 Å². The minimum atomic E-state index is -1.31. The molecule has 6 N–H and O–H groups in total. The molecular formula is C9H19BN2O4. The maximum Gasteiger partial charge on any atom is 0.451 e. The molecule has 0 spiro atoms. The summed E-state index contributed by atoms with van der Waals surface area (Å²) in [6.45, 7) is 0.713. The van der Waals surface area contributed by atoms with Gasteiger partial charge in [-0.2, -0.15) is 0 Å². The Hall–Kier alpha value is -0.625. The summed E-state index contributed by atoms with van der Waals surface area (Å²) in [5.74, 6) is -0.948. The fourth-order valence-corrected chi connectivity index (χ4v) is 2.37. The Morgan fingerprint density at radius 3 is 2.75 bits per heavy atom. The molecule has 1 saturated heterocycles. The van der Waals surface area contributed by atoms with Crippen LogP contribution in [0, 0.1) is 5.92 Å². The molecule has 2 unspecified atom stereocenters. The molecule has 1 fully saturated rings. The van der Waals surface area contributed by atoms with E-state index >= 15 is 0 Å². The van der Waals surface area contributed by atoms with E-state index in [1.54, 1.807) is 0 Å². The molecular weight excluding hydrogens is 211 g/mol. The molecule has 1 aliphatic rings. The summed E-state index contributed by atoms with van der Waals surface area (Å²) in [4.78, 5) is 11.2. The topological polar surface area (TPSA) is 116 Å². The van der Waals surface area contributed by atoms with E-state index < -0.39 is 18.6 Å². The van der Waals surface area contributed by atoms with Gasteiger partial charge in [0.15, 0.2) is 0 Å². The zero-order valence-electron chi connectivity index (χ0n) is 9.22. The predicted octanol–water partition coefficient (Wildman–Crippen LogP) is -1.37. The Labute approximate surface area is 95.0 Å². The Bertz CT molecular complexity index is 252. The second-order valence-electron chi connectivity index (χ2n) is 4.30. The molecule has 0 aliphatic carbocycles. The number of carboxylic acids is 1. The van der Waals surface area contributed by atoms with E-state index in [1.807, 2.05) is 0 Å². The number of hydrogen-bond acceptors (Lipinski definition) is 5. The lowest BCUT2D eigenvalue weighted by Gasteiger charge is -2.29. The van der Waals surface area contributed by atoms with E-state index in [0.717, 1.165) is 6.42 Å². The molecule has 1 rings (SSSR count). The maximum atomic E-state index is 11.2. The molecule has 16 heavy (non-hydrogen) atoms. The van der Waals surface area contributed by atoms with Gasteiger partial charge in [0.25, 0.3) is 0 Å². The van der Waals surface area contributed by atoms with Crippen LogP contribution in [0.5, 0.6) is 0 Å². The van der Waals surface area contributed by atoms with Gasteiger partial charge in [0.1, 0.15) is 5.54 Å². The summed E-state index contributed by atoms with van der Waals surface area (Å²) >= 11 is 0. The molecule has 0 amide bonds. The fourth-order valence-electron chi connectivity index (χ4n) is 2.37. The van der Waals surface area contributed by atoms with Crippen molar-refractivity contribution in [2.45, 2.75) is 31.1 Å². The molecule has 0 aromatic rings. The van der Waals surface area contributed by atoms with Crippen molar-refractivity contribution in [1.82, 2.24) is 5.32 Å². The van der Waals surface area contributed by atoms with Gasteiger partial charge in [-0.25, -0.2) is 0 Å². The van der Waals surface area contributed by atoms with Gasteiger partial charge in [-0.05, 0) is 31.6 Å². The van der Waals surface area contributed by atoms with E-state index in [0.29, 0.717) is 19.4 Å². The van der Waals surface area contributed by atoms with Gasteiger partial charge >= 0.3 is 13.1 Å². The van der Waals surface area contributed by atoms with Crippen LogP contribution in [0.3, 0.4) is 0 Å². The van der Waals surface area contributed by atoms with Crippen molar-refractivity contribution in [2.75, 3.05) is 13.1 Å². The Kier molecular flexibility index (Phi) is 4.73. The van der Waals surface area contributed by atoms with Gasteiger partial charge in [-0.3, -0.25) is 4.79 Å². The summed E-state index contributed by atoms with van der Waals surface area (Å²) in [6, 6.07) is 0. The zero-order valence-corrected chi connectivity index (χ0v) is 9.22. The first kappa shape index (κ1) is 13.4. The summed E-state index contributed by atoms with van der Waals surface area (Å²) in [6.07, 6.45) is 2.29. The van der Waals surface area contributed by atoms with Crippen molar-refractivity contribution in [3.63, 3.8) is 0 Å². The van der Waals surface area contributed by atoms with Crippen LogP contribution < -0.4 is 11.1 Å². The first-order chi connectivity index (χ1) is 7.53. The van der Waals surface area contributed by atoms with E-state index in [-0.39, 0.29) is 18.8 Å². The van der Waals surface area contributed by atoms with Crippen LogP contribution >= 0.6 is 0 Å². The number of aliphatic carboxylic acids is 1. The molecule has 2 atom stereocenters. The molecule has 0 saturated carbocycles. The van der Waals surface area contributed by atoms with E-state index in [4.69, 9.17) is 15.8 Å². The fraction of sp³-hybridized carbons (Fsp3) is 0.889. The van der Waals surface area contributed by atoms with Gasteiger partial charge in [-0.15, -0.1) is 0 Å². The maximum absolute atomic E-state index is 11.2. The van der Waals surface area contributed by atoms with Crippen LogP contribution in [-0.2, 0) is 4.79 Å². The second kappa shape index (κ2) is 5.63. The summed E-state index contributed by atoms with van der Waals surface area (Å²) in [5.41, 5.74) is 4.52. The van der Waals surface area contributed by atoms with Crippen molar-refractivity contribution < 1.29 is 19.9 Å². The normalized spacial score (nSPS) is 29.3. The SMILES string of the molecule is NCC1(C(=O)O)NCCC1CCCB(O)O. The lowest BCUT2D eigenvalue weighted by atomic mass is 9.77. The smallest absolute Gasteiger partial charge is 0.451 e. The molecule has 0 bridgehead atoms. The highest BCUT2D eigenvalue weighted by molar-refractivity contribution is 6.40. The van der Waals surface area contributed by atoms with Crippen molar-refractivity contribution in [1.29, 1.82) is 0 Å². The molecule has 7 heteroatoms. The zero-order chi connectivity index (χ0) is 12.2. The average Bonchev–Trinajstić information content (AvgIpc) is 2.61. The highest BCUT2D eigenvalue weighted by Crippen LogP contribution is 2.31. The Balaban J connectivity index is 2.54. The molecule has 0 aromatic heterocycles.